The van der Waals surface area contributed by atoms with Crippen LogP contribution in [0.4, 0.5) is 13.2 Å². The van der Waals surface area contributed by atoms with Crippen LogP contribution in [0.3, 0.4) is 0 Å². The van der Waals surface area contributed by atoms with Gasteiger partial charge in [-0.25, -0.2) is 0 Å². The van der Waals surface area contributed by atoms with E-state index in [1.54, 1.807) is 0 Å². The average Bonchev–Trinajstić information content (AvgIpc) is 2.13. The number of hydrogen-bond acceptors (Lipinski definition) is 1. The van der Waals surface area contributed by atoms with Gasteiger partial charge in [0, 0.05) is 6.04 Å². The van der Waals surface area contributed by atoms with Crippen LogP contribution in [-0.4, -0.2) is 18.8 Å². The minimum Gasteiger partial charge on any atom is -0.306 e. The van der Waals surface area contributed by atoms with Crippen molar-refractivity contribution in [1.29, 1.82) is 0 Å². The molecule has 0 aromatic rings. The van der Waals surface area contributed by atoms with Crippen LogP contribution in [0.5, 0.6) is 0 Å². The number of hydrogen-bond donors (Lipinski definition) is 1. The molecular weight excluding hydrogens is 215 g/mol. The van der Waals surface area contributed by atoms with Crippen molar-refractivity contribution < 1.29 is 13.2 Å². The van der Waals surface area contributed by atoms with E-state index < -0.39 is 12.7 Å². The van der Waals surface area contributed by atoms with Crippen LogP contribution in [0.25, 0.3) is 0 Å². The maximum atomic E-state index is 12.0. The van der Waals surface area contributed by atoms with E-state index in [1.165, 1.54) is 0 Å². The Morgan fingerprint density at radius 1 is 1.00 bits per heavy atom. The van der Waals surface area contributed by atoms with Gasteiger partial charge in [0.05, 0.1) is 6.54 Å². The maximum Gasteiger partial charge on any atom is 0.401 e. The van der Waals surface area contributed by atoms with Crippen LogP contribution in [0.1, 0.15) is 46.5 Å². The zero-order valence-electron chi connectivity index (χ0n) is 10.3. The third-order valence-corrected chi connectivity index (χ3v) is 3.54. The quantitative estimate of drug-likeness (QED) is 0.771. The van der Waals surface area contributed by atoms with E-state index in [-0.39, 0.29) is 11.5 Å². The highest BCUT2D eigenvalue weighted by atomic mass is 19.4. The lowest BCUT2D eigenvalue weighted by Crippen LogP contribution is -2.40. The number of halogens is 3. The van der Waals surface area contributed by atoms with Gasteiger partial charge in [0.1, 0.15) is 0 Å². The lowest BCUT2D eigenvalue weighted by molar-refractivity contribution is -0.126. The molecule has 1 saturated carbocycles. The van der Waals surface area contributed by atoms with E-state index in [1.807, 2.05) is 0 Å². The van der Waals surface area contributed by atoms with Crippen LogP contribution in [0.2, 0.25) is 0 Å². The fourth-order valence-electron chi connectivity index (χ4n) is 2.42. The summed E-state index contributed by atoms with van der Waals surface area (Å²) in [4.78, 5) is 0. The molecule has 0 saturated heterocycles. The molecule has 1 aliphatic rings. The highest BCUT2D eigenvalue weighted by Gasteiger charge is 2.32. The number of rotatable bonds is 2. The van der Waals surface area contributed by atoms with Gasteiger partial charge in [-0.3, -0.25) is 0 Å². The first kappa shape index (κ1) is 13.8. The molecule has 1 fully saturated rings. The Labute approximate surface area is 95.8 Å². The molecule has 0 unspecified atom stereocenters. The van der Waals surface area contributed by atoms with Crippen molar-refractivity contribution in [3.63, 3.8) is 0 Å². The number of alkyl halides is 3. The van der Waals surface area contributed by atoms with E-state index in [0.29, 0.717) is 5.92 Å². The van der Waals surface area contributed by atoms with Crippen molar-refractivity contribution in [2.45, 2.75) is 58.7 Å². The Kier molecular flexibility index (Phi) is 4.27. The van der Waals surface area contributed by atoms with Crippen molar-refractivity contribution in [2.75, 3.05) is 6.54 Å². The predicted molar refractivity (Wildman–Crippen MR) is 59.3 cm³/mol. The summed E-state index contributed by atoms with van der Waals surface area (Å²) in [6.45, 7) is 5.78. The summed E-state index contributed by atoms with van der Waals surface area (Å²) < 4.78 is 36.0. The van der Waals surface area contributed by atoms with Crippen molar-refractivity contribution in [1.82, 2.24) is 5.32 Å². The van der Waals surface area contributed by atoms with Gasteiger partial charge in [0.15, 0.2) is 0 Å². The Morgan fingerprint density at radius 2 is 1.50 bits per heavy atom. The summed E-state index contributed by atoms with van der Waals surface area (Å²) in [6, 6.07) is 0.0558. The molecule has 0 spiro atoms. The van der Waals surface area contributed by atoms with E-state index in [4.69, 9.17) is 0 Å². The molecule has 0 bridgehead atoms. The van der Waals surface area contributed by atoms with Crippen molar-refractivity contribution in [2.24, 2.45) is 11.3 Å². The van der Waals surface area contributed by atoms with Crippen LogP contribution in [-0.2, 0) is 0 Å². The molecule has 1 N–H and O–H groups in total. The first-order chi connectivity index (χ1) is 7.18. The third-order valence-electron chi connectivity index (χ3n) is 3.54. The Balaban J connectivity index is 2.28. The maximum absolute atomic E-state index is 12.0. The molecule has 0 radical (unpaired) electrons. The van der Waals surface area contributed by atoms with Gasteiger partial charge in [0.25, 0.3) is 0 Å². The van der Waals surface area contributed by atoms with Gasteiger partial charge in [0.2, 0.25) is 0 Å². The first-order valence-corrected chi connectivity index (χ1v) is 5.98. The minimum atomic E-state index is -4.08. The molecule has 0 amide bonds. The highest BCUT2D eigenvalue weighted by Crippen LogP contribution is 2.37. The summed E-state index contributed by atoms with van der Waals surface area (Å²) >= 11 is 0. The van der Waals surface area contributed by atoms with Crippen molar-refractivity contribution in [3.05, 3.63) is 0 Å². The van der Waals surface area contributed by atoms with Crippen molar-refractivity contribution >= 4 is 0 Å². The first-order valence-electron chi connectivity index (χ1n) is 5.98. The molecule has 1 aliphatic carbocycles. The summed E-state index contributed by atoms with van der Waals surface area (Å²) in [5, 5.41) is 2.61. The topological polar surface area (TPSA) is 12.0 Å². The second kappa shape index (κ2) is 4.94. The van der Waals surface area contributed by atoms with Gasteiger partial charge in [-0.1, -0.05) is 20.8 Å². The molecule has 0 aromatic heterocycles. The monoisotopic (exact) mass is 237 g/mol. The Bertz CT molecular complexity index is 209. The van der Waals surface area contributed by atoms with E-state index in [0.717, 1.165) is 25.7 Å². The molecule has 0 aromatic carbocycles. The van der Waals surface area contributed by atoms with Crippen LogP contribution in [0.15, 0.2) is 0 Å². The normalized spacial score (nSPS) is 28.1. The van der Waals surface area contributed by atoms with Gasteiger partial charge in [-0.05, 0) is 37.0 Å². The zero-order chi connectivity index (χ0) is 12.4. The summed E-state index contributed by atoms with van der Waals surface area (Å²) in [7, 11) is 0. The lowest BCUT2D eigenvalue weighted by atomic mass is 9.71. The molecule has 16 heavy (non-hydrogen) atoms. The highest BCUT2D eigenvalue weighted by molar-refractivity contribution is 4.83. The van der Waals surface area contributed by atoms with Gasteiger partial charge >= 0.3 is 6.18 Å². The lowest BCUT2D eigenvalue weighted by Gasteiger charge is -2.37. The van der Waals surface area contributed by atoms with Crippen LogP contribution in [0, 0.1) is 11.3 Å². The second-order valence-electron chi connectivity index (χ2n) is 5.91. The molecule has 96 valence electrons. The largest absolute Gasteiger partial charge is 0.401 e. The van der Waals surface area contributed by atoms with E-state index >= 15 is 0 Å². The SMILES string of the molecule is CC(C)(C)C1CCC(NCC(F)(F)F)CC1. The molecule has 0 atom stereocenters. The summed E-state index contributed by atoms with van der Waals surface area (Å²) in [6.07, 6.45) is -0.255. The fraction of sp³-hybridized carbons (Fsp3) is 1.00. The molecule has 1 rings (SSSR count). The molecule has 0 aliphatic heterocycles. The third kappa shape index (κ3) is 4.73. The average molecular weight is 237 g/mol. The van der Waals surface area contributed by atoms with Gasteiger partial charge in [-0.2, -0.15) is 13.2 Å². The Morgan fingerprint density at radius 3 is 1.88 bits per heavy atom. The standard InChI is InChI=1S/C12H22F3N/c1-11(2,3)9-4-6-10(7-5-9)16-8-12(13,14)15/h9-10,16H,4-8H2,1-3H3. The predicted octanol–water partition coefficient (Wildman–Crippen LogP) is 3.74. The molecule has 1 nitrogen and oxygen atoms in total. The summed E-state index contributed by atoms with van der Waals surface area (Å²) in [5.74, 6) is 0.649. The van der Waals surface area contributed by atoms with E-state index in [9.17, 15) is 13.2 Å². The minimum absolute atomic E-state index is 0.0558. The molecule has 4 heteroatoms. The van der Waals surface area contributed by atoms with Gasteiger partial charge in [-0.15, -0.1) is 0 Å². The van der Waals surface area contributed by atoms with Crippen LogP contribution < -0.4 is 5.32 Å². The Hall–Kier alpha value is -0.250. The fourth-order valence-corrected chi connectivity index (χ4v) is 2.42. The molecular formula is C12H22F3N. The van der Waals surface area contributed by atoms with E-state index in [2.05, 4.69) is 26.1 Å². The molecule has 0 heterocycles. The van der Waals surface area contributed by atoms with Crippen molar-refractivity contribution in [3.8, 4) is 0 Å². The second-order valence-corrected chi connectivity index (χ2v) is 5.91. The number of nitrogens with one attached hydrogen (secondary N) is 1. The van der Waals surface area contributed by atoms with Gasteiger partial charge < -0.3 is 5.32 Å². The van der Waals surface area contributed by atoms with Crippen LogP contribution >= 0.6 is 0 Å². The summed E-state index contributed by atoms with van der Waals surface area (Å²) in [5.41, 5.74) is 0.287. The smallest absolute Gasteiger partial charge is 0.306 e. The zero-order valence-corrected chi connectivity index (χ0v) is 10.3.